The van der Waals surface area contributed by atoms with Gasteiger partial charge in [-0.05, 0) is 24.8 Å². The van der Waals surface area contributed by atoms with Gasteiger partial charge in [-0.1, -0.05) is 51.1 Å². The minimum absolute atomic E-state index is 0.236. The molecule has 1 aliphatic rings. The van der Waals surface area contributed by atoms with Crippen molar-refractivity contribution >= 4 is 28.9 Å². The number of benzene rings is 1. The van der Waals surface area contributed by atoms with Crippen LogP contribution in [0, 0.1) is 5.41 Å². The highest BCUT2D eigenvalue weighted by Crippen LogP contribution is 2.35. The highest BCUT2D eigenvalue weighted by atomic mass is 32.1. The highest BCUT2D eigenvalue weighted by molar-refractivity contribution is 7.09. The monoisotopic (exact) mass is 413 g/mol. The second-order valence-corrected chi connectivity index (χ2v) is 8.85. The van der Waals surface area contributed by atoms with Gasteiger partial charge < -0.3 is 10.2 Å². The minimum Gasteiger partial charge on any atom is -0.347 e. The van der Waals surface area contributed by atoms with Gasteiger partial charge in [0.25, 0.3) is 11.8 Å². The van der Waals surface area contributed by atoms with Crippen LogP contribution in [0.15, 0.2) is 35.7 Å². The Balaban J connectivity index is 1.68. The molecule has 2 aromatic rings. The molecule has 7 heteroatoms. The van der Waals surface area contributed by atoms with Crippen molar-refractivity contribution in [2.75, 3.05) is 6.54 Å². The van der Waals surface area contributed by atoms with Crippen LogP contribution in [0.1, 0.15) is 67.1 Å². The van der Waals surface area contributed by atoms with Gasteiger partial charge in [0.15, 0.2) is 0 Å². The molecule has 1 aliphatic heterocycles. The van der Waals surface area contributed by atoms with E-state index in [-0.39, 0.29) is 17.7 Å². The number of hydrogen-bond donors (Lipinski definition) is 1. The number of amides is 2. The molecule has 1 aromatic heterocycles. The van der Waals surface area contributed by atoms with Gasteiger partial charge in [-0.3, -0.25) is 14.4 Å². The predicted molar refractivity (Wildman–Crippen MR) is 112 cm³/mol. The second-order valence-electron chi connectivity index (χ2n) is 7.96. The van der Waals surface area contributed by atoms with Crippen molar-refractivity contribution in [2.45, 2.75) is 52.6 Å². The lowest BCUT2D eigenvalue weighted by atomic mass is 9.84. The smallest absolute Gasteiger partial charge is 0.291 e. The van der Waals surface area contributed by atoms with Gasteiger partial charge in [-0.2, -0.15) is 0 Å². The summed E-state index contributed by atoms with van der Waals surface area (Å²) in [5.74, 6) is -1.04. The first kappa shape index (κ1) is 21.2. The molecule has 0 bridgehead atoms. The molecule has 0 aliphatic carbocycles. The predicted octanol–water partition coefficient (Wildman–Crippen LogP) is 3.74. The maximum atomic E-state index is 12.8. The molecule has 1 fully saturated rings. The van der Waals surface area contributed by atoms with Gasteiger partial charge >= 0.3 is 0 Å². The molecule has 2 heterocycles. The molecule has 6 nitrogen and oxygen atoms in total. The van der Waals surface area contributed by atoms with E-state index in [4.69, 9.17) is 0 Å². The molecular weight excluding hydrogens is 386 g/mol. The maximum absolute atomic E-state index is 12.8. The largest absolute Gasteiger partial charge is 0.347 e. The standard InChI is InChI=1S/C22H27N3O3S/c1-4-22(2,3)18(26)21(28)25-12-8-11-17(25)20-24-16(14-29-20)19(27)23-13-15-9-6-5-7-10-15/h5-7,9-10,14,17H,4,8,11-13H2,1-3H3,(H,23,27). The quantitative estimate of drug-likeness (QED) is 0.701. The third kappa shape index (κ3) is 4.72. The molecule has 0 saturated carbocycles. The first-order chi connectivity index (χ1) is 13.8. The summed E-state index contributed by atoms with van der Waals surface area (Å²) < 4.78 is 0. The van der Waals surface area contributed by atoms with Gasteiger partial charge in [-0.25, -0.2) is 4.98 Å². The summed E-state index contributed by atoms with van der Waals surface area (Å²) in [6.07, 6.45) is 2.19. The van der Waals surface area contributed by atoms with Crippen LogP contribution < -0.4 is 5.32 Å². The van der Waals surface area contributed by atoms with Crippen molar-refractivity contribution in [1.82, 2.24) is 15.2 Å². The molecule has 1 saturated heterocycles. The Morgan fingerprint density at radius 1 is 1.24 bits per heavy atom. The average molecular weight is 414 g/mol. The van der Waals surface area contributed by atoms with Crippen LogP contribution in [-0.4, -0.2) is 34.0 Å². The Kier molecular flexibility index (Phi) is 6.47. The van der Waals surface area contributed by atoms with Crippen LogP contribution in [-0.2, 0) is 16.1 Å². The van der Waals surface area contributed by atoms with Crippen LogP contribution in [0.5, 0.6) is 0 Å². The molecular formula is C22H27N3O3S. The van der Waals surface area contributed by atoms with Crippen molar-refractivity contribution in [3.05, 3.63) is 52.0 Å². The number of nitrogens with one attached hydrogen (secondary N) is 1. The van der Waals surface area contributed by atoms with E-state index in [9.17, 15) is 14.4 Å². The fraction of sp³-hybridized carbons (Fsp3) is 0.455. The van der Waals surface area contributed by atoms with Crippen LogP contribution in [0.4, 0.5) is 0 Å². The Morgan fingerprint density at radius 3 is 2.66 bits per heavy atom. The summed E-state index contributed by atoms with van der Waals surface area (Å²) in [5, 5.41) is 5.30. The zero-order valence-electron chi connectivity index (χ0n) is 17.1. The molecule has 1 atom stereocenters. The maximum Gasteiger partial charge on any atom is 0.291 e. The third-order valence-corrected chi connectivity index (χ3v) is 6.49. The summed E-state index contributed by atoms with van der Waals surface area (Å²) in [4.78, 5) is 44.0. The summed E-state index contributed by atoms with van der Waals surface area (Å²) in [6.45, 7) is 6.49. The zero-order chi connectivity index (χ0) is 21.0. The van der Waals surface area contributed by atoms with E-state index in [2.05, 4.69) is 10.3 Å². The molecule has 1 unspecified atom stereocenters. The molecule has 29 heavy (non-hydrogen) atoms. The number of carbonyl (C=O) groups is 3. The number of ketones is 1. The molecule has 1 N–H and O–H groups in total. The van der Waals surface area contributed by atoms with E-state index in [1.54, 1.807) is 24.1 Å². The summed E-state index contributed by atoms with van der Waals surface area (Å²) >= 11 is 1.37. The Bertz CT molecular complexity index is 892. The van der Waals surface area contributed by atoms with E-state index in [0.29, 0.717) is 30.2 Å². The van der Waals surface area contributed by atoms with Crippen molar-refractivity contribution in [1.29, 1.82) is 0 Å². The number of rotatable bonds is 7. The fourth-order valence-corrected chi connectivity index (χ4v) is 4.21. The molecule has 0 spiro atoms. The van der Waals surface area contributed by atoms with Crippen LogP contribution in [0.3, 0.4) is 0 Å². The molecule has 154 valence electrons. The molecule has 1 aromatic carbocycles. The van der Waals surface area contributed by atoms with Crippen molar-refractivity contribution in [3.63, 3.8) is 0 Å². The van der Waals surface area contributed by atoms with Crippen molar-refractivity contribution < 1.29 is 14.4 Å². The van der Waals surface area contributed by atoms with Gasteiger partial charge in [0.2, 0.25) is 5.78 Å². The van der Waals surface area contributed by atoms with E-state index in [0.717, 1.165) is 18.4 Å². The normalized spacial score (nSPS) is 16.7. The number of hydrogen-bond acceptors (Lipinski definition) is 5. The van der Waals surface area contributed by atoms with Crippen LogP contribution >= 0.6 is 11.3 Å². The molecule has 3 rings (SSSR count). The van der Waals surface area contributed by atoms with E-state index < -0.39 is 11.3 Å². The van der Waals surface area contributed by atoms with Gasteiger partial charge in [0, 0.05) is 23.9 Å². The minimum atomic E-state index is -0.671. The first-order valence-electron chi connectivity index (χ1n) is 9.96. The van der Waals surface area contributed by atoms with E-state index >= 15 is 0 Å². The molecule has 2 amide bonds. The summed E-state index contributed by atoms with van der Waals surface area (Å²) in [7, 11) is 0. The lowest BCUT2D eigenvalue weighted by Gasteiger charge is -2.27. The van der Waals surface area contributed by atoms with Crippen LogP contribution in [0.25, 0.3) is 0 Å². The Labute approximate surface area is 175 Å². The number of likely N-dealkylation sites (tertiary alicyclic amines) is 1. The SMILES string of the molecule is CCC(C)(C)C(=O)C(=O)N1CCCC1c1nc(C(=O)NCc2ccccc2)cs1. The topological polar surface area (TPSA) is 79.4 Å². The Morgan fingerprint density at radius 2 is 1.97 bits per heavy atom. The third-order valence-electron chi connectivity index (χ3n) is 5.54. The average Bonchev–Trinajstić information content (AvgIpc) is 3.41. The van der Waals surface area contributed by atoms with E-state index in [1.807, 2.05) is 37.3 Å². The highest BCUT2D eigenvalue weighted by Gasteiger charge is 2.40. The lowest BCUT2D eigenvalue weighted by Crippen LogP contribution is -2.42. The molecule has 0 radical (unpaired) electrons. The number of carbonyl (C=O) groups excluding carboxylic acids is 3. The van der Waals surface area contributed by atoms with Crippen LogP contribution in [0.2, 0.25) is 0 Å². The first-order valence-corrected chi connectivity index (χ1v) is 10.8. The zero-order valence-corrected chi connectivity index (χ0v) is 17.9. The van der Waals surface area contributed by atoms with Gasteiger partial charge in [0.1, 0.15) is 10.7 Å². The summed E-state index contributed by atoms with van der Waals surface area (Å²) in [6, 6.07) is 9.44. The van der Waals surface area contributed by atoms with Crippen molar-refractivity contribution in [2.24, 2.45) is 5.41 Å². The second kappa shape index (κ2) is 8.86. The number of Topliss-reactive ketones (excluding diaryl/α,β-unsaturated/α-hetero) is 1. The summed E-state index contributed by atoms with van der Waals surface area (Å²) in [5.41, 5.74) is 0.691. The number of aromatic nitrogens is 1. The van der Waals surface area contributed by atoms with Gasteiger partial charge in [0.05, 0.1) is 6.04 Å². The fourth-order valence-electron chi connectivity index (χ4n) is 3.26. The number of nitrogens with zero attached hydrogens (tertiary/aromatic N) is 2. The lowest BCUT2D eigenvalue weighted by molar-refractivity contribution is -0.149. The van der Waals surface area contributed by atoms with Crippen molar-refractivity contribution in [3.8, 4) is 0 Å². The number of thiazole rings is 1. The Hall–Kier alpha value is -2.54. The van der Waals surface area contributed by atoms with E-state index in [1.165, 1.54) is 11.3 Å². The van der Waals surface area contributed by atoms with Gasteiger partial charge in [-0.15, -0.1) is 11.3 Å².